The average Bonchev–Trinajstić information content (AvgIpc) is 2.42. The molecule has 0 saturated heterocycles. The topological polar surface area (TPSA) is 40.5 Å². The van der Waals surface area contributed by atoms with Gasteiger partial charge in [0.2, 0.25) is 0 Å². The normalized spacial score (nSPS) is 30.2. The highest BCUT2D eigenvalue weighted by atomic mass is 16.3. The Balaban J connectivity index is 2.07. The summed E-state index contributed by atoms with van der Waals surface area (Å²) < 4.78 is 0. The van der Waals surface area contributed by atoms with Crippen molar-refractivity contribution in [3.63, 3.8) is 0 Å². The molecule has 1 fully saturated rings. The molecule has 1 aromatic rings. The van der Waals surface area contributed by atoms with E-state index < -0.39 is 5.60 Å². The molecule has 4 atom stereocenters. The zero-order chi connectivity index (χ0) is 14.8. The summed E-state index contributed by atoms with van der Waals surface area (Å²) in [7, 11) is 0. The summed E-state index contributed by atoms with van der Waals surface area (Å²) in [5, 5.41) is 21.0. The second-order valence-corrected chi connectivity index (χ2v) is 6.99. The first-order valence-electron chi connectivity index (χ1n) is 7.86. The highest BCUT2D eigenvalue weighted by molar-refractivity contribution is 5.21. The van der Waals surface area contributed by atoms with Crippen LogP contribution in [0.25, 0.3) is 0 Å². The Kier molecular flexibility index (Phi) is 4.87. The van der Waals surface area contributed by atoms with Crippen molar-refractivity contribution in [2.75, 3.05) is 0 Å². The second-order valence-electron chi connectivity index (χ2n) is 6.99. The third kappa shape index (κ3) is 3.62. The Morgan fingerprint density at radius 2 is 1.85 bits per heavy atom. The Bertz CT molecular complexity index is 411. The molecule has 0 amide bonds. The maximum atomic E-state index is 10.8. The minimum absolute atomic E-state index is 0.200. The summed E-state index contributed by atoms with van der Waals surface area (Å²) >= 11 is 0. The van der Waals surface area contributed by atoms with Crippen molar-refractivity contribution in [1.82, 2.24) is 0 Å². The van der Waals surface area contributed by atoms with Crippen LogP contribution >= 0.6 is 0 Å². The van der Waals surface area contributed by atoms with Crippen molar-refractivity contribution in [1.29, 1.82) is 0 Å². The number of aliphatic hydroxyl groups is 2. The summed E-state index contributed by atoms with van der Waals surface area (Å²) in [6.45, 7) is 6.39. The van der Waals surface area contributed by atoms with Crippen molar-refractivity contribution in [2.45, 2.75) is 58.2 Å². The molecule has 4 unspecified atom stereocenters. The zero-order valence-corrected chi connectivity index (χ0v) is 12.9. The van der Waals surface area contributed by atoms with Gasteiger partial charge in [-0.05, 0) is 55.9 Å². The summed E-state index contributed by atoms with van der Waals surface area (Å²) in [4.78, 5) is 0. The fourth-order valence-corrected chi connectivity index (χ4v) is 3.53. The van der Waals surface area contributed by atoms with E-state index in [1.807, 2.05) is 37.3 Å². The van der Waals surface area contributed by atoms with Crippen LogP contribution in [0.5, 0.6) is 0 Å². The molecule has 0 aliphatic heterocycles. The van der Waals surface area contributed by atoms with Gasteiger partial charge in [-0.2, -0.15) is 0 Å². The SMILES string of the molecule is CC(C)C1CCC(O)C(CC(C)(O)c2ccccc2)C1. The molecule has 20 heavy (non-hydrogen) atoms. The lowest BCUT2D eigenvalue weighted by Crippen LogP contribution is -2.36. The molecular weight excluding hydrogens is 248 g/mol. The van der Waals surface area contributed by atoms with Gasteiger partial charge in [-0.3, -0.25) is 0 Å². The lowest BCUT2D eigenvalue weighted by molar-refractivity contribution is -0.0311. The molecule has 1 aliphatic carbocycles. The van der Waals surface area contributed by atoms with Crippen LogP contribution in [0.1, 0.15) is 52.0 Å². The first kappa shape index (κ1) is 15.5. The molecule has 1 aliphatic rings. The second kappa shape index (κ2) is 6.28. The Hall–Kier alpha value is -0.860. The van der Waals surface area contributed by atoms with Gasteiger partial charge >= 0.3 is 0 Å². The van der Waals surface area contributed by atoms with Gasteiger partial charge in [0, 0.05) is 0 Å². The van der Waals surface area contributed by atoms with Gasteiger partial charge < -0.3 is 10.2 Å². The zero-order valence-electron chi connectivity index (χ0n) is 12.9. The molecule has 2 N–H and O–H groups in total. The van der Waals surface area contributed by atoms with Gasteiger partial charge in [-0.25, -0.2) is 0 Å². The molecular formula is C18H28O2. The third-order valence-corrected chi connectivity index (χ3v) is 4.98. The van der Waals surface area contributed by atoms with Crippen LogP contribution in [-0.2, 0) is 5.60 Å². The van der Waals surface area contributed by atoms with Gasteiger partial charge in [0.25, 0.3) is 0 Å². The van der Waals surface area contributed by atoms with Gasteiger partial charge in [0.05, 0.1) is 11.7 Å². The molecule has 0 aromatic heterocycles. The highest BCUT2D eigenvalue weighted by Crippen LogP contribution is 2.40. The average molecular weight is 276 g/mol. The molecule has 112 valence electrons. The van der Waals surface area contributed by atoms with E-state index >= 15 is 0 Å². The lowest BCUT2D eigenvalue weighted by Gasteiger charge is -2.39. The number of aliphatic hydroxyl groups excluding tert-OH is 1. The highest BCUT2D eigenvalue weighted by Gasteiger charge is 2.36. The van der Waals surface area contributed by atoms with Crippen molar-refractivity contribution in [2.24, 2.45) is 17.8 Å². The first-order chi connectivity index (χ1) is 9.40. The van der Waals surface area contributed by atoms with E-state index in [0.717, 1.165) is 24.8 Å². The van der Waals surface area contributed by atoms with Crippen molar-refractivity contribution in [3.05, 3.63) is 35.9 Å². The maximum absolute atomic E-state index is 10.8. The molecule has 0 radical (unpaired) electrons. The Morgan fingerprint density at radius 1 is 1.20 bits per heavy atom. The minimum Gasteiger partial charge on any atom is -0.393 e. The summed E-state index contributed by atoms with van der Waals surface area (Å²) in [5.74, 6) is 1.54. The molecule has 0 bridgehead atoms. The number of hydrogen-bond acceptors (Lipinski definition) is 2. The molecule has 1 saturated carbocycles. The van der Waals surface area contributed by atoms with Crippen molar-refractivity contribution < 1.29 is 10.2 Å². The standard InChI is InChI=1S/C18H28O2/c1-13(2)14-9-10-17(19)15(11-14)12-18(3,20)16-7-5-4-6-8-16/h4-8,13-15,17,19-20H,9-12H2,1-3H3. The van der Waals surface area contributed by atoms with Crippen LogP contribution < -0.4 is 0 Å². The van der Waals surface area contributed by atoms with E-state index in [1.54, 1.807) is 0 Å². The van der Waals surface area contributed by atoms with E-state index in [1.165, 1.54) is 0 Å². The minimum atomic E-state index is -0.855. The lowest BCUT2D eigenvalue weighted by atomic mass is 9.70. The van der Waals surface area contributed by atoms with Crippen LogP contribution in [0.2, 0.25) is 0 Å². The van der Waals surface area contributed by atoms with E-state index in [2.05, 4.69) is 13.8 Å². The van der Waals surface area contributed by atoms with Gasteiger partial charge in [-0.1, -0.05) is 44.2 Å². The number of rotatable bonds is 4. The predicted molar refractivity (Wildman–Crippen MR) is 82.3 cm³/mol. The van der Waals surface area contributed by atoms with Crippen LogP contribution in [0, 0.1) is 17.8 Å². The summed E-state index contributed by atoms with van der Waals surface area (Å²) in [6, 6.07) is 9.81. The van der Waals surface area contributed by atoms with Crippen molar-refractivity contribution in [3.8, 4) is 0 Å². The fourth-order valence-electron chi connectivity index (χ4n) is 3.53. The monoisotopic (exact) mass is 276 g/mol. The van der Waals surface area contributed by atoms with Crippen molar-refractivity contribution >= 4 is 0 Å². The summed E-state index contributed by atoms with van der Waals surface area (Å²) in [6.07, 6.45) is 3.39. The third-order valence-electron chi connectivity index (χ3n) is 4.98. The molecule has 1 aromatic carbocycles. The quantitative estimate of drug-likeness (QED) is 0.880. The van der Waals surface area contributed by atoms with E-state index in [4.69, 9.17) is 0 Å². The molecule has 2 heteroatoms. The van der Waals surface area contributed by atoms with E-state index in [-0.39, 0.29) is 12.0 Å². The van der Waals surface area contributed by atoms with Crippen LogP contribution in [0.4, 0.5) is 0 Å². The maximum Gasteiger partial charge on any atom is 0.0872 e. The molecule has 2 nitrogen and oxygen atoms in total. The van der Waals surface area contributed by atoms with Crippen LogP contribution in [-0.4, -0.2) is 16.3 Å². The van der Waals surface area contributed by atoms with Crippen LogP contribution in [0.3, 0.4) is 0 Å². The predicted octanol–water partition coefficient (Wildman–Crippen LogP) is 3.72. The van der Waals surface area contributed by atoms with Gasteiger partial charge in [0.1, 0.15) is 0 Å². The van der Waals surface area contributed by atoms with E-state index in [0.29, 0.717) is 18.3 Å². The molecule has 0 heterocycles. The number of hydrogen-bond donors (Lipinski definition) is 2. The number of benzene rings is 1. The molecule has 2 rings (SSSR count). The molecule has 0 spiro atoms. The summed E-state index contributed by atoms with van der Waals surface area (Å²) in [5.41, 5.74) is 0.0880. The smallest absolute Gasteiger partial charge is 0.0872 e. The Labute approximate surface area is 122 Å². The Morgan fingerprint density at radius 3 is 2.45 bits per heavy atom. The van der Waals surface area contributed by atoms with Gasteiger partial charge in [0.15, 0.2) is 0 Å². The largest absolute Gasteiger partial charge is 0.393 e. The van der Waals surface area contributed by atoms with E-state index in [9.17, 15) is 10.2 Å². The van der Waals surface area contributed by atoms with Gasteiger partial charge in [-0.15, -0.1) is 0 Å². The van der Waals surface area contributed by atoms with Crippen LogP contribution in [0.15, 0.2) is 30.3 Å². The first-order valence-corrected chi connectivity index (χ1v) is 7.86. The fraction of sp³-hybridized carbons (Fsp3) is 0.667.